The molecule has 0 aromatic heterocycles. The average molecular weight is 391 g/mol. The average Bonchev–Trinajstić information content (AvgIpc) is 2.99. The summed E-state index contributed by atoms with van der Waals surface area (Å²) in [6.45, 7) is 3.82. The summed E-state index contributed by atoms with van der Waals surface area (Å²) in [5.74, 6) is -1.44. The van der Waals surface area contributed by atoms with Gasteiger partial charge in [-0.1, -0.05) is 68.0 Å². The number of benzene rings is 2. The van der Waals surface area contributed by atoms with Crippen LogP contribution in [0.3, 0.4) is 0 Å². The van der Waals surface area contributed by atoms with E-state index in [4.69, 9.17) is 4.74 Å². The topological polar surface area (TPSA) is 63.7 Å². The predicted molar refractivity (Wildman–Crippen MR) is 111 cm³/mol. The van der Waals surface area contributed by atoms with Crippen LogP contribution in [0.4, 0.5) is 0 Å². The third kappa shape index (κ3) is 3.86. The van der Waals surface area contributed by atoms with Gasteiger partial charge in [-0.25, -0.2) is 4.79 Å². The lowest BCUT2D eigenvalue weighted by Crippen LogP contribution is -2.57. The second-order valence-corrected chi connectivity index (χ2v) is 7.01. The van der Waals surface area contributed by atoms with Gasteiger partial charge < -0.3 is 4.74 Å². The van der Waals surface area contributed by atoms with E-state index in [0.717, 1.165) is 10.5 Å². The molecule has 1 aliphatic heterocycles. The van der Waals surface area contributed by atoms with Crippen LogP contribution in [0, 0.1) is 0 Å². The van der Waals surface area contributed by atoms with Crippen molar-refractivity contribution in [2.45, 2.75) is 38.6 Å². The maximum absolute atomic E-state index is 13.1. The molecule has 2 aromatic carbocycles. The molecule has 5 heteroatoms. The number of hydrogen-bond acceptors (Lipinski definition) is 4. The first-order chi connectivity index (χ1) is 14.0. The maximum Gasteiger partial charge on any atom is 0.332 e. The number of amides is 2. The fourth-order valence-electron chi connectivity index (χ4n) is 3.79. The molecule has 5 nitrogen and oxygen atoms in total. The van der Waals surface area contributed by atoms with E-state index < -0.39 is 23.3 Å². The highest BCUT2D eigenvalue weighted by Gasteiger charge is 2.53. The lowest BCUT2D eigenvalue weighted by atomic mass is 9.87. The smallest absolute Gasteiger partial charge is 0.332 e. The van der Waals surface area contributed by atoms with Gasteiger partial charge in [-0.3, -0.25) is 14.5 Å². The Hall–Kier alpha value is -3.21. The van der Waals surface area contributed by atoms with Crippen molar-refractivity contribution in [3.63, 3.8) is 0 Å². The molecule has 0 saturated carbocycles. The number of nitrogens with zero attached hydrogens (tertiary/aromatic N) is 1. The Morgan fingerprint density at radius 2 is 1.55 bits per heavy atom. The van der Waals surface area contributed by atoms with Gasteiger partial charge in [0.25, 0.3) is 11.8 Å². The highest BCUT2D eigenvalue weighted by molar-refractivity contribution is 6.23. The predicted octanol–water partition coefficient (Wildman–Crippen LogP) is 4.49. The van der Waals surface area contributed by atoms with Gasteiger partial charge in [0, 0.05) is 6.42 Å². The number of carbonyl (C=O) groups is 3. The monoisotopic (exact) mass is 391 g/mol. The number of esters is 1. The third-order valence-electron chi connectivity index (χ3n) is 5.11. The molecule has 0 aliphatic carbocycles. The number of ether oxygens (including phenoxy) is 1. The van der Waals surface area contributed by atoms with Crippen molar-refractivity contribution in [1.29, 1.82) is 0 Å². The lowest BCUT2D eigenvalue weighted by molar-refractivity contribution is -0.155. The van der Waals surface area contributed by atoms with Gasteiger partial charge in [-0.05, 0) is 31.0 Å². The Labute approximate surface area is 171 Å². The molecule has 0 fully saturated rings. The Bertz CT molecular complexity index is 900. The molecule has 29 heavy (non-hydrogen) atoms. The molecule has 3 rings (SSSR count). The van der Waals surface area contributed by atoms with Crippen molar-refractivity contribution in [3.05, 3.63) is 77.4 Å². The molecule has 150 valence electrons. The van der Waals surface area contributed by atoms with E-state index in [2.05, 4.69) is 0 Å². The second-order valence-electron chi connectivity index (χ2n) is 7.01. The molecule has 1 atom stereocenters. The van der Waals surface area contributed by atoms with E-state index in [1.165, 1.54) is 0 Å². The van der Waals surface area contributed by atoms with Crippen LogP contribution >= 0.6 is 0 Å². The molecule has 0 bridgehead atoms. The van der Waals surface area contributed by atoms with Crippen molar-refractivity contribution in [2.24, 2.45) is 0 Å². The van der Waals surface area contributed by atoms with Gasteiger partial charge in [-0.2, -0.15) is 0 Å². The van der Waals surface area contributed by atoms with Crippen LogP contribution in [-0.2, 0) is 9.53 Å². The first-order valence-corrected chi connectivity index (χ1v) is 9.92. The summed E-state index contributed by atoms with van der Waals surface area (Å²) in [4.78, 5) is 40.5. The standard InChI is InChI=1S/C24H25NO4/c1-3-16-24(23(28)29-4-2,17-10-13-18-11-6-5-7-12-18)25-21(26)19-14-8-9-15-20(19)22(25)27/h5-15H,3-4,16-17H2,1-2H3/b13-10+. The highest BCUT2D eigenvalue weighted by atomic mass is 16.5. The van der Waals surface area contributed by atoms with Crippen LogP contribution in [0.1, 0.15) is 59.4 Å². The van der Waals surface area contributed by atoms with Gasteiger partial charge in [0.1, 0.15) is 0 Å². The zero-order valence-corrected chi connectivity index (χ0v) is 16.8. The summed E-state index contributed by atoms with van der Waals surface area (Å²) in [5, 5.41) is 0. The molecule has 0 radical (unpaired) electrons. The van der Waals surface area contributed by atoms with Gasteiger partial charge in [0.2, 0.25) is 0 Å². The minimum atomic E-state index is -1.37. The van der Waals surface area contributed by atoms with Crippen LogP contribution < -0.4 is 0 Å². The van der Waals surface area contributed by atoms with Gasteiger partial charge >= 0.3 is 5.97 Å². The van der Waals surface area contributed by atoms with E-state index in [1.807, 2.05) is 49.4 Å². The Morgan fingerprint density at radius 1 is 0.966 bits per heavy atom. The molecule has 0 saturated heterocycles. The van der Waals surface area contributed by atoms with E-state index in [1.54, 1.807) is 31.2 Å². The van der Waals surface area contributed by atoms with Gasteiger partial charge in [-0.15, -0.1) is 0 Å². The summed E-state index contributed by atoms with van der Waals surface area (Å²) in [5.41, 5.74) is 0.260. The molecule has 1 unspecified atom stereocenters. The first-order valence-electron chi connectivity index (χ1n) is 9.92. The summed E-state index contributed by atoms with van der Waals surface area (Å²) >= 11 is 0. The minimum absolute atomic E-state index is 0.176. The van der Waals surface area contributed by atoms with Crippen molar-refractivity contribution >= 4 is 23.9 Å². The Kier molecular flexibility index (Phi) is 6.27. The van der Waals surface area contributed by atoms with Crippen molar-refractivity contribution < 1.29 is 19.1 Å². The lowest BCUT2D eigenvalue weighted by Gasteiger charge is -2.37. The Balaban J connectivity index is 2.02. The SMILES string of the molecule is CCCC(C/C=C/c1ccccc1)(C(=O)OCC)N1C(=O)c2ccccc2C1=O. The van der Waals surface area contributed by atoms with Crippen LogP contribution in [0.15, 0.2) is 60.7 Å². The molecule has 0 spiro atoms. The molecule has 2 aromatic rings. The summed E-state index contributed by atoms with van der Waals surface area (Å²) in [6.07, 6.45) is 4.87. The first kappa shape index (κ1) is 20.5. The normalized spacial score (nSPS) is 15.4. The van der Waals surface area contributed by atoms with Crippen LogP contribution in [-0.4, -0.2) is 34.8 Å². The summed E-state index contributed by atoms with van der Waals surface area (Å²) < 4.78 is 5.35. The zero-order valence-electron chi connectivity index (χ0n) is 16.8. The summed E-state index contributed by atoms with van der Waals surface area (Å²) in [6, 6.07) is 16.4. The zero-order chi connectivity index (χ0) is 20.9. The van der Waals surface area contributed by atoms with Gasteiger partial charge in [0.05, 0.1) is 17.7 Å². The third-order valence-corrected chi connectivity index (χ3v) is 5.11. The maximum atomic E-state index is 13.1. The number of fused-ring (bicyclic) bond motifs is 1. The largest absolute Gasteiger partial charge is 0.464 e. The van der Waals surface area contributed by atoms with E-state index in [-0.39, 0.29) is 13.0 Å². The molecule has 1 aliphatic rings. The van der Waals surface area contributed by atoms with Crippen LogP contribution in [0.5, 0.6) is 0 Å². The highest BCUT2D eigenvalue weighted by Crippen LogP contribution is 2.36. The van der Waals surface area contributed by atoms with E-state index in [9.17, 15) is 14.4 Å². The van der Waals surface area contributed by atoms with E-state index in [0.29, 0.717) is 24.0 Å². The molecular weight excluding hydrogens is 366 g/mol. The summed E-state index contributed by atoms with van der Waals surface area (Å²) in [7, 11) is 0. The van der Waals surface area contributed by atoms with Gasteiger partial charge in [0.15, 0.2) is 5.54 Å². The van der Waals surface area contributed by atoms with E-state index >= 15 is 0 Å². The van der Waals surface area contributed by atoms with Crippen molar-refractivity contribution in [1.82, 2.24) is 4.90 Å². The number of rotatable bonds is 8. The Morgan fingerprint density at radius 3 is 2.10 bits per heavy atom. The quantitative estimate of drug-likeness (QED) is 0.491. The van der Waals surface area contributed by atoms with Crippen molar-refractivity contribution in [2.75, 3.05) is 6.61 Å². The number of hydrogen-bond donors (Lipinski definition) is 0. The fourth-order valence-corrected chi connectivity index (χ4v) is 3.79. The fraction of sp³-hybridized carbons (Fsp3) is 0.292. The van der Waals surface area contributed by atoms with Crippen molar-refractivity contribution in [3.8, 4) is 0 Å². The molecule has 0 N–H and O–H groups in total. The minimum Gasteiger partial charge on any atom is -0.464 e. The van der Waals surface area contributed by atoms with Crippen LogP contribution in [0.25, 0.3) is 6.08 Å². The molecular formula is C24H25NO4. The van der Waals surface area contributed by atoms with Crippen LogP contribution in [0.2, 0.25) is 0 Å². The molecule has 1 heterocycles. The molecule has 2 amide bonds. The second kappa shape index (κ2) is 8.86. The number of imide groups is 1. The number of carbonyl (C=O) groups excluding carboxylic acids is 3.